The summed E-state index contributed by atoms with van der Waals surface area (Å²) >= 11 is 0. The molecule has 0 aliphatic carbocycles. The van der Waals surface area contributed by atoms with Gasteiger partial charge in [-0.3, -0.25) is 0 Å². The first-order valence-corrected chi connectivity index (χ1v) is 22.6. The van der Waals surface area contributed by atoms with Crippen molar-refractivity contribution in [3.05, 3.63) is 255 Å². The van der Waals surface area contributed by atoms with Crippen LogP contribution in [0.1, 0.15) is 0 Å². The molecule has 0 spiro atoms. The van der Waals surface area contributed by atoms with Crippen LogP contribution in [-0.4, -0.2) is 9.13 Å². The van der Waals surface area contributed by atoms with Crippen molar-refractivity contribution in [1.82, 2.24) is 9.13 Å². The molecule has 0 N–H and O–H groups in total. The minimum absolute atomic E-state index is 1.06. The van der Waals surface area contributed by atoms with Gasteiger partial charge in [0, 0.05) is 55.4 Å². The summed E-state index contributed by atoms with van der Waals surface area (Å²) < 4.78 is 4.81. The van der Waals surface area contributed by atoms with Crippen LogP contribution in [0, 0.1) is 0 Å². The lowest BCUT2D eigenvalue weighted by Gasteiger charge is -2.31. The van der Waals surface area contributed by atoms with E-state index in [-0.39, 0.29) is 0 Å². The third-order valence-corrected chi connectivity index (χ3v) is 13.2. The molecule has 0 aliphatic rings. The summed E-state index contributed by atoms with van der Waals surface area (Å²) in [7, 11) is 0. The highest BCUT2D eigenvalue weighted by Crippen LogP contribution is 2.50. The van der Waals surface area contributed by atoms with E-state index in [0.717, 1.165) is 61.9 Å². The van der Waals surface area contributed by atoms with E-state index < -0.39 is 0 Å². The van der Waals surface area contributed by atoms with E-state index in [2.05, 4.69) is 274 Å². The van der Waals surface area contributed by atoms with Crippen molar-refractivity contribution in [2.45, 2.75) is 0 Å². The number of aromatic nitrogens is 2. The summed E-state index contributed by atoms with van der Waals surface area (Å²) in [5.41, 5.74) is 13.4. The van der Waals surface area contributed by atoms with Gasteiger partial charge in [-0.15, -0.1) is 0 Å². The van der Waals surface area contributed by atoms with Crippen LogP contribution < -0.4 is 9.80 Å². The van der Waals surface area contributed by atoms with Crippen molar-refractivity contribution in [2.75, 3.05) is 9.80 Å². The first-order chi connectivity index (χ1) is 32.8. The van der Waals surface area contributed by atoms with Crippen LogP contribution in [0.3, 0.4) is 0 Å². The third-order valence-electron chi connectivity index (χ3n) is 13.2. The quantitative estimate of drug-likeness (QED) is 0.142. The molecule has 0 unspecified atom stereocenters. The summed E-state index contributed by atoms with van der Waals surface area (Å²) in [6.45, 7) is 0. The Hall–Kier alpha value is -8.86. The van der Waals surface area contributed by atoms with E-state index in [1.807, 2.05) is 0 Å². The zero-order valence-electron chi connectivity index (χ0n) is 36.0. The van der Waals surface area contributed by atoms with Crippen molar-refractivity contribution < 1.29 is 0 Å². The topological polar surface area (TPSA) is 16.3 Å². The van der Waals surface area contributed by atoms with E-state index >= 15 is 0 Å². The number of rotatable bonds is 8. The van der Waals surface area contributed by atoms with Crippen molar-refractivity contribution in [3.63, 3.8) is 0 Å². The molecule has 310 valence electrons. The Kier molecular flexibility index (Phi) is 8.81. The minimum Gasteiger partial charge on any atom is -0.310 e. The van der Waals surface area contributed by atoms with Gasteiger partial charge in [0.1, 0.15) is 0 Å². The Labute approximate surface area is 382 Å². The molecule has 0 saturated heterocycles. The van der Waals surface area contributed by atoms with E-state index in [0.29, 0.717) is 0 Å². The molecule has 13 rings (SSSR count). The van der Waals surface area contributed by atoms with E-state index in [1.54, 1.807) is 0 Å². The van der Waals surface area contributed by atoms with Gasteiger partial charge in [0.05, 0.1) is 39.1 Å². The van der Waals surface area contributed by atoms with Crippen LogP contribution in [0.15, 0.2) is 255 Å². The molecule has 2 heterocycles. The van der Waals surface area contributed by atoms with Crippen LogP contribution in [0.25, 0.3) is 76.5 Å². The van der Waals surface area contributed by atoms with Gasteiger partial charge in [0.15, 0.2) is 0 Å². The summed E-state index contributed by atoms with van der Waals surface area (Å²) in [6.07, 6.45) is 0. The minimum atomic E-state index is 1.06. The van der Waals surface area contributed by atoms with Crippen molar-refractivity contribution in [2.24, 2.45) is 0 Å². The fourth-order valence-corrected chi connectivity index (χ4v) is 10.5. The Morgan fingerprint density at radius 3 is 1.24 bits per heavy atom. The largest absolute Gasteiger partial charge is 0.310 e. The van der Waals surface area contributed by atoms with Gasteiger partial charge in [-0.05, 0) is 113 Å². The molecule has 13 aromatic rings. The number of hydrogen-bond donors (Lipinski definition) is 0. The predicted molar refractivity (Wildman–Crippen MR) is 279 cm³/mol. The maximum atomic E-state index is 2.50. The number of hydrogen-bond acceptors (Lipinski definition) is 2. The zero-order chi connectivity index (χ0) is 43.6. The van der Waals surface area contributed by atoms with Crippen LogP contribution in [0.4, 0.5) is 34.1 Å². The molecule has 0 saturated carbocycles. The molecule has 66 heavy (non-hydrogen) atoms. The smallest absolute Gasteiger partial charge is 0.0562 e. The van der Waals surface area contributed by atoms with Crippen LogP contribution in [0.5, 0.6) is 0 Å². The second kappa shape index (κ2) is 15.4. The molecule has 4 heteroatoms. The molecule has 0 fully saturated rings. The van der Waals surface area contributed by atoms with Crippen molar-refractivity contribution in [3.8, 4) is 11.4 Å². The van der Waals surface area contributed by atoms with E-state index in [4.69, 9.17) is 0 Å². The molecule has 2 aromatic heterocycles. The van der Waals surface area contributed by atoms with E-state index in [9.17, 15) is 0 Å². The van der Waals surface area contributed by atoms with Crippen LogP contribution >= 0.6 is 0 Å². The van der Waals surface area contributed by atoms with Crippen molar-refractivity contribution >= 4 is 99.3 Å². The number of nitrogens with zero attached hydrogens (tertiary/aromatic N) is 4. The number of fused-ring (bicyclic) bond motifs is 9. The SMILES string of the molecule is c1ccc(N(c2cc(N(c3ccccc3)c3cccc4c3c3ccccc3n4-c3ccccc3)c3ccc4ccccc4c3c2)c2cccc3c2c2ccccc2n3-c2ccccc2)cc1. The van der Waals surface area contributed by atoms with Gasteiger partial charge in [-0.1, -0.05) is 158 Å². The molecule has 4 nitrogen and oxygen atoms in total. The number of benzene rings is 11. The lowest BCUT2D eigenvalue weighted by atomic mass is 9.97. The lowest BCUT2D eigenvalue weighted by Crippen LogP contribution is -2.14. The fraction of sp³-hybridized carbons (Fsp3) is 0. The van der Waals surface area contributed by atoms with Gasteiger partial charge in [-0.2, -0.15) is 0 Å². The van der Waals surface area contributed by atoms with Crippen molar-refractivity contribution in [1.29, 1.82) is 0 Å². The second-order valence-electron chi connectivity index (χ2n) is 16.9. The van der Waals surface area contributed by atoms with E-state index in [1.165, 1.54) is 48.7 Å². The van der Waals surface area contributed by atoms with Crippen LogP contribution in [-0.2, 0) is 0 Å². The molecule has 0 atom stereocenters. The highest BCUT2D eigenvalue weighted by molar-refractivity contribution is 6.21. The second-order valence-corrected chi connectivity index (χ2v) is 16.9. The zero-order valence-corrected chi connectivity index (χ0v) is 36.0. The summed E-state index contributed by atoms with van der Waals surface area (Å²) in [5, 5.41) is 9.54. The Morgan fingerprint density at radius 2 is 0.682 bits per heavy atom. The van der Waals surface area contributed by atoms with Gasteiger partial charge >= 0.3 is 0 Å². The molecule has 0 amide bonds. The molecule has 0 radical (unpaired) electrons. The fourth-order valence-electron chi connectivity index (χ4n) is 10.5. The monoisotopic (exact) mass is 842 g/mol. The summed E-state index contributed by atoms with van der Waals surface area (Å²) in [4.78, 5) is 4.97. The van der Waals surface area contributed by atoms with Crippen LogP contribution in [0.2, 0.25) is 0 Å². The molecular weight excluding hydrogens is 801 g/mol. The van der Waals surface area contributed by atoms with Gasteiger partial charge < -0.3 is 18.9 Å². The maximum absolute atomic E-state index is 2.50. The Bertz CT molecular complexity index is 3930. The number of para-hydroxylation sites is 6. The van der Waals surface area contributed by atoms with Gasteiger partial charge in [0.25, 0.3) is 0 Å². The molecule has 0 bridgehead atoms. The molecule has 0 aliphatic heterocycles. The van der Waals surface area contributed by atoms with Gasteiger partial charge in [0.2, 0.25) is 0 Å². The van der Waals surface area contributed by atoms with Gasteiger partial charge in [-0.25, -0.2) is 0 Å². The highest BCUT2D eigenvalue weighted by atomic mass is 15.2. The standard InChI is InChI=1S/C62H42N4/c1-5-22-44(23-6-1)63(56-35-19-36-57-61(56)51-31-15-17-33-54(51)64(57)45-24-7-2-8-25-45)48-41-53-49-30-14-13-21-43(49)39-40-50(53)60(42-48)66(47-28-11-4-12-29-47)59-38-20-37-58-62(59)52-32-16-18-34-55(52)65(58)46-26-9-3-10-27-46/h1-42H. The predicted octanol–water partition coefficient (Wildman–Crippen LogP) is 17.1. The maximum Gasteiger partial charge on any atom is 0.0562 e. The Morgan fingerprint density at radius 1 is 0.242 bits per heavy atom. The normalized spacial score (nSPS) is 11.6. The highest BCUT2D eigenvalue weighted by Gasteiger charge is 2.26. The molecule has 11 aromatic carbocycles. The number of anilines is 6. The third kappa shape index (κ3) is 5.93. The first kappa shape index (κ1) is 37.7. The lowest BCUT2D eigenvalue weighted by molar-refractivity contribution is 1.18. The summed E-state index contributed by atoms with van der Waals surface area (Å²) in [5.74, 6) is 0. The molecular formula is C62H42N4. The average molecular weight is 843 g/mol. The average Bonchev–Trinajstić information content (AvgIpc) is 3.92. The first-order valence-electron chi connectivity index (χ1n) is 22.6. The Balaban J connectivity index is 1.15. The summed E-state index contributed by atoms with van der Waals surface area (Å²) in [6, 6.07) is 92.6.